The summed E-state index contributed by atoms with van der Waals surface area (Å²) in [6.45, 7) is 6.64. The van der Waals surface area contributed by atoms with E-state index < -0.39 is 0 Å². The van der Waals surface area contributed by atoms with E-state index in [1.54, 1.807) is 0 Å². The third-order valence-electron chi connectivity index (χ3n) is 6.24. The average Bonchev–Trinajstić information content (AvgIpc) is 3.35. The van der Waals surface area contributed by atoms with Gasteiger partial charge in [-0.15, -0.1) is 0 Å². The van der Waals surface area contributed by atoms with Crippen molar-refractivity contribution in [1.82, 2.24) is 9.13 Å². The van der Waals surface area contributed by atoms with E-state index in [0.717, 1.165) is 11.5 Å². The first-order valence-electron chi connectivity index (χ1n) is 11.0. The molecule has 5 aromatic rings. The summed E-state index contributed by atoms with van der Waals surface area (Å²) in [5.74, 6) is 2.32. The quantitative estimate of drug-likeness (QED) is 0.302. The zero-order valence-corrected chi connectivity index (χ0v) is 19.1. The van der Waals surface area contributed by atoms with Gasteiger partial charge in [-0.3, -0.25) is 4.57 Å². The molecule has 0 aliphatic carbocycles. The zero-order valence-electron chi connectivity index (χ0n) is 19.1. The van der Waals surface area contributed by atoms with E-state index >= 15 is 0 Å². The van der Waals surface area contributed by atoms with Crippen LogP contribution in [-0.2, 0) is 7.05 Å². The van der Waals surface area contributed by atoms with Crippen LogP contribution in [-0.4, -0.2) is 9.13 Å². The summed E-state index contributed by atoms with van der Waals surface area (Å²) in [5, 5.41) is 0. The van der Waals surface area contributed by atoms with E-state index in [2.05, 4.69) is 139 Å². The molecule has 3 heteroatoms. The highest BCUT2D eigenvalue weighted by Crippen LogP contribution is 2.35. The van der Waals surface area contributed by atoms with Gasteiger partial charge in [0, 0.05) is 11.6 Å². The average molecular weight is 419 g/mol. The van der Waals surface area contributed by atoms with Gasteiger partial charge in [0.2, 0.25) is 11.6 Å². The topological polar surface area (TPSA) is 13.7 Å². The molecule has 0 amide bonds. The molecule has 0 saturated heterocycles. The van der Waals surface area contributed by atoms with E-state index in [4.69, 9.17) is 0 Å². The van der Waals surface area contributed by atoms with Crippen LogP contribution in [0.25, 0.3) is 34.2 Å². The fourth-order valence-electron chi connectivity index (χ4n) is 4.75. The highest BCUT2D eigenvalue weighted by molar-refractivity contribution is 5.73. The van der Waals surface area contributed by atoms with Crippen molar-refractivity contribution in [2.24, 2.45) is 7.05 Å². The van der Waals surface area contributed by atoms with Crippen molar-refractivity contribution < 1.29 is 4.57 Å². The lowest BCUT2D eigenvalue weighted by Crippen LogP contribution is -2.37. The SMILES string of the molecule is Cc1cccc(C)c1-c1n(-c2ccccc2)c(-c2ccccc2)c(C)[n+]1-c1cccn1C. The molecule has 0 bridgehead atoms. The summed E-state index contributed by atoms with van der Waals surface area (Å²) in [6, 6.07) is 32.2. The minimum Gasteiger partial charge on any atom is -0.269 e. The Bertz CT molecular complexity index is 1370. The van der Waals surface area contributed by atoms with Crippen LogP contribution in [0.3, 0.4) is 0 Å². The van der Waals surface area contributed by atoms with Crippen LogP contribution < -0.4 is 4.57 Å². The van der Waals surface area contributed by atoms with Crippen LogP contribution in [0.1, 0.15) is 16.8 Å². The number of benzene rings is 3. The predicted molar refractivity (Wildman–Crippen MR) is 131 cm³/mol. The van der Waals surface area contributed by atoms with Gasteiger partial charge in [0.05, 0.1) is 18.8 Å². The maximum absolute atomic E-state index is 2.42. The number of aryl methyl sites for hydroxylation is 3. The standard InChI is InChI=1S/C29H28N3/c1-21-13-11-14-22(2)27(21)29-31(26-19-12-20-30(26)4)23(3)28(24-15-7-5-8-16-24)32(29)25-17-9-6-10-18-25/h5-20H,1-4H3/q+1. The number of nitrogens with zero attached hydrogens (tertiary/aromatic N) is 3. The Labute approximate surface area is 189 Å². The molecule has 0 fully saturated rings. The Morgan fingerprint density at radius 3 is 1.88 bits per heavy atom. The molecule has 0 radical (unpaired) electrons. The molecule has 2 aromatic heterocycles. The molecule has 3 aromatic carbocycles. The fourth-order valence-corrected chi connectivity index (χ4v) is 4.75. The lowest BCUT2D eigenvalue weighted by atomic mass is 10.0. The number of para-hydroxylation sites is 1. The van der Waals surface area contributed by atoms with Crippen LogP contribution in [0, 0.1) is 20.8 Å². The molecule has 2 heterocycles. The Morgan fingerprint density at radius 1 is 0.656 bits per heavy atom. The largest absolute Gasteiger partial charge is 0.269 e. The lowest BCUT2D eigenvalue weighted by molar-refractivity contribution is -0.594. The summed E-state index contributed by atoms with van der Waals surface area (Å²) in [6.07, 6.45) is 2.11. The second kappa shape index (κ2) is 8.01. The normalized spacial score (nSPS) is 11.1. The van der Waals surface area contributed by atoms with Gasteiger partial charge in [-0.25, -0.2) is 4.57 Å². The highest BCUT2D eigenvalue weighted by atomic mass is 15.2. The number of hydrogen-bond acceptors (Lipinski definition) is 0. The molecule has 158 valence electrons. The summed E-state index contributed by atoms with van der Waals surface area (Å²) in [7, 11) is 2.11. The fraction of sp³-hybridized carbons (Fsp3) is 0.138. The van der Waals surface area contributed by atoms with Gasteiger partial charge in [0.1, 0.15) is 17.1 Å². The summed E-state index contributed by atoms with van der Waals surface area (Å²) >= 11 is 0. The first kappa shape index (κ1) is 20.1. The van der Waals surface area contributed by atoms with Gasteiger partial charge in [-0.1, -0.05) is 66.7 Å². The monoisotopic (exact) mass is 418 g/mol. The van der Waals surface area contributed by atoms with Gasteiger partial charge in [0.15, 0.2) is 0 Å². The van der Waals surface area contributed by atoms with Crippen molar-refractivity contribution in [3.05, 3.63) is 114 Å². The second-order valence-electron chi connectivity index (χ2n) is 8.37. The maximum atomic E-state index is 2.42. The molecular formula is C29H28N3+. The Balaban J connectivity index is 2.01. The number of rotatable bonds is 4. The Kier molecular flexibility index (Phi) is 5.02. The van der Waals surface area contributed by atoms with Gasteiger partial charge in [-0.2, -0.15) is 4.57 Å². The lowest BCUT2D eigenvalue weighted by Gasteiger charge is -2.13. The summed E-state index contributed by atoms with van der Waals surface area (Å²) < 4.78 is 7.02. The van der Waals surface area contributed by atoms with Crippen LogP contribution in [0.15, 0.2) is 97.2 Å². The molecule has 0 spiro atoms. The van der Waals surface area contributed by atoms with Crippen molar-refractivity contribution >= 4 is 0 Å². The highest BCUT2D eigenvalue weighted by Gasteiger charge is 2.32. The van der Waals surface area contributed by atoms with Crippen molar-refractivity contribution in [1.29, 1.82) is 0 Å². The summed E-state index contributed by atoms with van der Waals surface area (Å²) in [4.78, 5) is 0. The van der Waals surface area contributed by atoms with E-state index in [-0.39, 0.29) is 0 Å². The molecule has 0 aliphatic heterocycles. The second-order valence-corrected chi connectivity index (χ2v) is 8.37. The van der Waals surface area contributed by atoms with E-state index in [9.17, 15) is 0 Å². The molecule has 0 unspecified atom stereocenters. The number of hydrogen-bond donors (Lipinski definition) is 0. The zero-order chi connectivity index (χ0) is 22.2. The summed E-state index contributed by atoms with van der Waals surface area (Å²) in [5.41, 5.74) is 8.57. The van der Waals surface area contributed by atoms with Crippen LogP contribution in [0.5, 0.6) is 0 Å². The Hall–Kier alpha value is -3.85. The third-order valence-corrected chi connectivity index (χ3v) is 6.24. The molecule has 3 nitrogen and oxygen atoms in total. The van der Waals surface area contributed by atoms with Gasteiger partial charge in [0.25, 0.3) is 0 Å². The van der Waals surface area contributed by atoms with Crippen LogP contribution in [0.4, 0.5) is 0 Å². The molecular weight excluding hydrogens is 390 g/mol. The third kappa shape index (κ3) is 3.18. The van der Waals surface area contributed by atoms with Crippen LogP contribution >= 0.6 is 0 Å². The van der Waals surface area contributed by atoms with Crippen molar-refractivity contribution in [3.63, 3.8) is 0 Å². The van der Waals surface area contributed by atoms with E-state index in [1.807, 2.05) is 0 Å². The molecule has 0 N–H and O–H groups in total. The van der Waals surface area contributed by atoms with Crippen molar-refractivity contribution in [2.45, 2.75) is 20.8 Å². The molecule has 32 heavy (non-hydrogen) atoms. The number of imidazole rings is 1. The maximum Gasteiger partial charge on any atom is 0.246 e. The van der Waals surface area contributed by atoms with Crippen molar-refractivity contribution in [2.75, 3.05) is 0 Å². The molecule has 0 saturated carbocycles. The number of aromatic nitrogens is 3. The first-order chi connectivity index (χ1) is 15.6. The Morgan fingerprint density at radius 2 is 1.28 bits per heavy atom. The minimum absolute atomic E-state index is 1.15. The van der Waals surface area contributed by atoms with Gasteiger partial charge < -0.3 is 0 Å². The predicted octanol–water partition coefficient (Wildman–Crippen LogP) is 6.35. The van der Waals surface area contributed by atoms with E-state index in [0.29, 0.717) is 0 Å². The van der Waals surface area contributed by atoms with Crippen molar-refractivity contribution in [3.8, 4) is 34.2 Å². The van der Waals surface area contributed by atoms with Gasteiger partial charge in [-0.05, 0) is 50.1 Å². The smallest absolute Gasteiger partial charge is 0.246 e. The van der Waals surface area contributed by atoms with Gasteiger partial charge >= 0.3 is 0 Å². The molecule has 5 rings (SSSR count). The molecule has 0 atom stereocenters. The van der Waals surface area contributed by atoms with Crippen LogP contribution in [0.2, 0.25) is 0 Å². The minimum atomic E-state index is 1.15. The van der Waals surface area contributed by atoms with E-state index in [1.165, 1.54) is 39.5 Å². The first-order valence-corrected chi connectivity index (χ1v) is 11.0. The molecule has 0 aliphatic rings.